The summed E-state index contributed by atoms with van der Waals surface area (Å²) in [4.78, 5) is 12.4. The summed E-state index contributed by atoms with van der Waals surface area (Å²) in [6.45, 7) is 3.19. The summed E-state index contributed by atoms with van der Waals surface area (Å²) in [5.41, 5.74) is 0. The number of nitrogens with zero attached hydrogens (tertiary/aromatic N) is 1. The molecule has 1 N–H and O–H groups in total. The van der Waals surface area contributed by atoms with Crippen LogP contribution in [0.5, 0.6) is 0 Å². The van der Waals surface area contributed by atoms with Crippen molar-refractivity contribution >= 4 is 23.2 Å². The van der Waals surface area contributed by atoms with Gasteiger partial charge in [0.15, 0.2) is 5.11 Å². The minimum absolute atomic E-state index is 0.00171. The summed E-state index contributed by atoms with van der Waals surface area (Å²) in [7, 11) is 0. The second-order valence-electron chi connectivity index (χ2n) is 1.87. The molecule has 0 radical (unpaired) electrons. The quantitative estimate of drug-likeness (QED) is 0.514. The molecule has 0 unspecified atom stereocenters. The second-order valence-corrected chi connectivity index (χ2v) is 2.25. The molecule has 0 atom stereocenters. The van der Waals surface area contributed by atoms with Crippen LogP contribution in [-0.4, -0.2) is 29.0 Å². The van der Waals surface area contributed by atoms with Gasteiger partial charge in [0.25, 0.3) is 0 Å². The predicted molar refractivity (Wildman–Crippen MR) is 38.0 cm³/mol. The summed E-state index contributed by atoms with van der Waals surface area (Å²) in [6.07, 6.45) is 0. The smallest absolute Gasteiger partial charge is 0.245 e. The molecule has 9 heavy (non-hydrogen) atoms. The molecule has 1 aliphatic heterocycles. The zero-order chi connectivity index (χ0) is 6.85. The highest BCUT2D eigenvalue weighted by Gasteiger charge is 2.20. The molecule has 0 aliphatic carbocycles. The molecular formula is C5H8N2OS. The van der Waals surface area contributed by atoms with Crippen molar-refractivity contribution in [1.29, 1.82) is 0 Å². The first-order valence-corrected chi connectivity index (χ1v) is 3.23. The minimum atomic E-state index is 0.00171. The van der Waals surface area contributed by atoms with E-state index in [-0.39, 0.29) is 5.91 Å². The molecule has 0 bridgehead atoms. The van der Waals surface area contributed by atoms with Gasteiger partial charge in [0.2, 0.25) is 5.91 Å². The molecule has 1 rings (SSSR count). The number of carbonyl (C=O) groups is 1. The average Bonchev–Trinajstić information content (AvgIpc) is 2.10. The first kappa shape index (κ1) is 6.48. The highest BCUT2D eigenvalue weighted by atomic mass is 32.1. The lowest BCUT2D eigenvalue weighted by Crippen LogP contribution is -2.27. The zero-order valence-electron chi connectivity index (χ0n) is 5.18. The van der Waals surface area contributed by atoms with Gasteiger partial charge in [-0.25, -0.2) is 0 Å². The highest BCUT2D eigenvalue weighted by molar-refractivity contribution is 7.80. The summed E-state index contributed by atoms with van der Waals surface area (Å²) >= 11 is 4.81. The van der Waals surface area contributed by atoms with E-state index in [0.29, 0.717) is 11.7 Å². The van der Waals surface area contributed by atoms with Gasteiger partial charge in [-0.2, -0.15) is 0 Å². The van der Waals surface area contributed by atoms with Gasteiger partial charge in [-0.1, -0.05) is 0 Å². The van der Waals surface area contributed by atoms with Crippen molar-refractivity contribution in [2.24, 2.45) is 0 Å². The third-order valence-corrected chi connectivity index (χ3v) is 1.61. The number of nitrogens with one attached hydrogen (secondary N) is 1. The number of likely N-dealkylation sites (N-methyl/N-ethyl adjacent to an activating group) is 1. The molecular weight excluding hydrogens is 136 g/mol. The number of carbonyl (C=O) groups excluding carboxylic acids is 1. The van der Waals surface area contributed by atoms with E-state index in [1.54, 1.807) is 0 Å². The topological polar surface area (TPSA) is 32.3 Å². The van der Waals surface area contributed by atoms with Crippen LogP contribution in [-0.2, 0) is 4.79 Å². The van der Waals surface area contributed by atoms with Gasteiger partial charge >= 0.3 is 0 Å². The van der Waals surface area contributed by atoms with Crippen molar-refractivity contribution in [2.45, 2.75) is 6.92 Å². The summed E-state index contributed by atoms with van der Waals surface area (Å²) in [6, 6.07) is 0. The largest absolute Gasteiger partial charge is 0.340 e. The Morgan fingerprint density at radius 1 is 1.89 bits per heavy atom. The van der Waals surface area contributed by atoms with Gasteiger partial charge in [0.1, 0.15) is 0 Å². The minimum Gasteiger partial charge on any atom is -0.340 e. The lowest BCUT2D eigenvalue weighted by atomic mass is 10.6. The van der Waals surface area contributed by atoms with Crippen molar-refractivity contribution in [3.63, 3.8) is 0 Å². The van der Waals surface area contributed by atoms with Crippen molar-refractivity contribution in [1.82, 2.24) is 10.2 Å². The number of hydrogen-bond acceptors (Lipinski definition) is 2. The van der Waals surface area contributed by atoms with E-state index in [1.165, 1.54) is 0 Å². The summed E-state index contributed by atoms with van der Waals surface area (Å²) in [5, 5.41) is 3.09. The molecule has 4 heteroatoms. The molecule has 50 valence electrons. The molecule has 0 saturated carbocycles. The molecule has 0 aromatic heterocycles. The Bertz CT molecular complexity index is 157. The lowest BCUT2D eigenvalue weighted by Gasteiger charge is -2.10. The third kappa shape index (κ3) is 1.18. The molecule has 1 aliphatic rings. The maximum Gasteiger partial charge on any atom is 0.245 e. The van der Waals surface area contributed by atoms with Crippen LogP contribution in [0.25, 0.3) is 0 Å². The number of amides is 1. The van der Waals surface area contributed by atoms with Gasteiger partial charge in [-0.05, 0) is 19.1 Å². The third-order valence-electron chi connectivity index (χ3n) is 1.25. The highest BCUT2D eigenvalue weighted by Crippen LogP contribution is 1.95. The molecule has 0 aromatic rings. The Morgan fingerprint density at radius 3 is 2.78 bits per heavy atom. The van der Waals surface area contributed by atoms with Gasteiger partial charge in [-0.3, -0.25) is 4.79 Å². The monoisotopic (exact) mass is 144 g/mol. The van der Waals surface area contributed by atoms with Crippen molar-refractivity contribution in [3.8, 4) is 0 Å². The van der Waals surface area contributed by atoms with Crippen LogP contribution < -0.4 is 5.32 Å². The maximum absolute atomic E-state index is 10.6. The molecule has 1 heterocycles. The first-order valence-electron chi connectivity index (χ1n) is 2.82. The Kier molecular flexibility index (Phi) is 1.66. The fourth-order valence-corrected chi connectivity index (χ4v) is 1.05. The van der Waals surface area contributed by atoms with Crippen LogP contribution in [0.2, 0.25) is 0 Å². The van der Waals surface area contributed by atoms with Crippen molar-refractivity contribution < 1.29 is 4.79 Å². The van der Waals surface area contributed by atoms with E-state index in [4.69, 9.17) is 12.2 Å². The second kappa shape index (κ2) is 2.31. The SMILES string of the molecule is CCN1CC(=O)NC1=S. The zero-order valence-corrected chi connectivity index (χ0v) is 5.99. The average molecular weight is 144 g/mol. The van der Waals surface area contributed by atoms with Crippen LogP contribution in [0, 0.1) is 0 Å². The Labute approximate surface area is 59.0 Å². The Balaban J connectivity index is 2.58. The van der Waals surface area contributed by atoms with Gasteiger partial charge < -0.3 is 10.2 Å². The van der Waals surface area contributed by atoms with Crippen LogP contribution in [0.3, 0.4) is 0 Å². The van der Waals surface area contributed by atoms with E-state index in [0.717, 1.165) is 6.54 Å². The van der Waals surface area contributed by atoms with Gasteiger partial charge in [-0.15, -0.1) is 0 Å². The number of hydrogen-bond donors (Lipinski definition) is 1. The van der Waals surface area contributed by atoms with Crippen molar-refractivity contribution in [3.05, 3.63) is 0 Å². The summed E-state index contributed by atoms with van der Waals surface area (Å²) in [5.74, 6) is 0.00171. The first-order chi connectivity index (χ1) is 4.24. The number of rotatable bonds is 1. The normalized spacial score (nSPS) is 18.6. The standard InChI is InChI=1S/C5H8N2OS/c1-2-7-3-4(8)6-5(7)9/h2-3H2,1H3,(H,6,8,9). The van der Waals surface area contributed by atoms with Crippen molar-refractivity contribution in [2.75, 3.05) is 13.1 Å². The van der Waals surface area contributed by atoms with E-state index in [2.05, 4.69) is 5.32 Å². The van der Waals surface area contributed by atoms with Crippen LogP contribution in [0.4, 0.5) is 0 Å². The van der Waals surface area contributed by atoms with Gasteiger partial charge in [0.05, 0.1) is 6.54 Å². The van der Waals surface area contributed by atoms with Crippen LogP contribution in [0.1, 0.15) is 6.92 Å². The fourth-order valence-electron chi connectivity index (χ4n) is 0.738. The van der Waals surface area contributed by atoms with Gasteiger partial charge in [0, 0.05) is 6.54 Å². The molecule has 1 fully saturated rings. The Hall–Kier alpha value is -0.640. The number of thiocarbonyl (C=S) groups is 1. The van der Waals surface area contributed by atoms with Crippen LogP contribution in [0.15, 0.2) is 0 Å². The lowest BCUT2D eigenvalue weighted by molar-refractivity contribution is -0.118. The molecule has 1 saturated heterocycles. The Morgan fingerprint density at radius 2 is 2.56 bits per heavy atom. The van der Waals surface area contributed by atoms with E-state index in [1.807, 2.05) is 11.8 Å². The van der Waals surface area contributed by atoms with E-state index < -0.39 is 0 Å². The predicted octanol–water partition coefficient (Wildman–Crippen LogP) is -0.277. The molecule has 1 amide bonds. The summed E-state index contributed by atoms with van der Waals surface area (Å²) < 4.78 is 0. The van der Waals surface area contributed by atoms with E-state index >= 15 is 0 Å². The molecule has 0 spiro atoms. The fraction of sp³-hybridized carbons (Fsp3) is 0.600. The van der Waals surface area contributed by atoms with Crippen LogP contribution >= 0.6 is 12.2 Å². The van der Waals surface area contributed by atoms with E-state index in [9.17, 15) is 4.79 Å². The maximum atomic E-state index is 10.6. The molecule has 0 aromatic carbocycles. The molecule has 3 nitrogen and oxygen atoms in total.